The van der Waals surface area contributed by atoms with E-state index in [2.05, 4.69) is 10.3 Å². The highest BCUT2D eigenvalue weighted by atomic mass is 32.1. The largest absolute Gasteiger partial charge is 0.497 e. The molecule has 3 rings (SSSR count). The third-order valence-electron chi connectivity index (χ3n) is 3.77. The standard InChI is InChI=1S/C19H17FN2O3S/c1-24-13-8-7-12(17(9-13)25-2)10-21-18(23)16-11-26-19(22-16)14-5-3-4-6-15(14)20/h3-9,11H,10H2,1-2H3,(H,21,23). The van der Waals surface area contributed by atoms with Crippen molar-refractivity contribution in [3.63, 3.8) is 0 Å². The number of halogens is 1. The van der Waals surface area contributed by atoms with E-state index >= 15 is 0 Å². The smallest absolute Gasteiger partial charge is 0.271 e. The fourth-order valence-electron chi connectivity index (χ4n) is 2.40. The van der Waals surface area contributed by atoms with E-state index < -0.39 is 0 Å². The van der Waals surface area contributed by atoms with E-state index in [9.17, 15) is 9.18 Å². The van der Waals surface area contributed by atoms with E-state index in [1.54, 1.807) is 49.9 Å². The fraction of sp³-hybridized carbons (Fsp3) is 0.158. The summed E-state index contributed by atoms with van der Waals surface area (Å²) in [7, 11) is 3.13. The number of carbonyl (C=O) groups excluding carboxylic acids is 1. The molecule has 0 aliphatic carbocycles. The van der Waals surface area contributed by atoms with E-state index in [0.717, 1.165) is 5.56 Å². The lowest BCUT2D eigenvalue weighted by atomic mass is 10.2. The Morgan fingerprint density at radius 2 is 2.00 bits per heavy atom. The normalized spacial score (nSPS) is 10.4. The first-order chi connectivity index (χ1) is 12.6. The molecule has 0 spiro atoms. The first-order valence-electron chi connectivity index (χ1n) is 7.82. The van der Waals surface area contributed by atoms with Crippen molar-refractivity contribution in [1.82, 2.24) is 10.3 Å². The minimum atomic E-state index is -0.364. The SMILES string of the molecule is COc1ccc(CNC(=O)c2csc(-c3ccccc3F)n2)c(OC)c1. The Labute approximate surface area is 154 Å². The van der Waals surface area contributed by atoms with Crippen LogP contribution in [0.3, 0.4) is 0 Å². The van der Waals surface area contributed by atoms with E-state index in [0.29, 0.717) is 22.1 Å². The summed E-state index contributed by atoms with van der Waals surface area (Å²) in [6.45, 7) is 0.276. The minimum absolute atomic E-state index is 0.251. The number of ether oxygens (including phenoxy) is 2. The van der Waals surface area contributed by atoms with Crippen molar-refractivity contribution in [2.45, 2.75) is 6.54 Å². The Balaban J connectivity index is 1.71. The third-order valence-corrected chi connectivity index (χ3v) is 4.65. The zero-order chi connectivity index (χ0) is 18.5. The van der Waals surface area contributed by atoms with Gasteiger partial charge in [0.1, 0.15) is 28.0 Å². The lowest BCUT2D eigenvalue weighted by Gasteiger charge is -2.10. The molecule has 5 nitrogen and oxygen atoms in total. The van der Waals surface area contributed by atoms with Gasteiger partial charge >= 0.3 is 0 Å². The topological polar surface area (TPSA) is 60.5 Å². The summed E-state index contributed by atoms with van der Waals surface area (Å²) in [6.07, 6.45) is 0. The molecule has 134 valence electrons. The Kier molecular flexibility index (Phi) is 5.48. The lowest BCUT2D eigenvalue weighted by molar-refractivity contribution is 0.0946. The maximum Gasteiger partial charge on any atom is 0.271 e. The number of nitrogens with one attached hydrogen (secondary N) is 1. The number of amides is 1. The van der Waals surface area contributed by atoms with Crippen molar-refractivity contribution < 1.29 is 18.7 Å². The molecule has 0 unspecified atom stereocenters. The summed E-state index contributed by atoms with van der Waals surface area (Å²) < 4.78 is 24.3. The van der Waals surface area contributed by atoms with Gasteiger partial charge in [-0.2, -0.15) is 0 Å². The number of aromatic nitrogens is 1. The molecule has 0 bridgehead atoms. The quantitative estimate of drug-likeness (QED) is 0.713. The summed E-state index contributed by atoms with van der Waals surface area (Å²) in [6, 6.07) is 11.7. The fourth-order valence-corrected chi connectivity index (χ4v) is 3.23. The molecule has 1 aromatic heterocycles. The van der Waals surface area contributed by atoms with Crippen molar-refractivity contribution >= 4 is 17.2 Å². The maximum atomic E-state index is 13.8. The molecule has 1 N–H and O–H groups in total. The van der Waals surface area contributed by atoms with Crippen molar-refractivity contribution in [3.8, 4) is 22.1 Å². The average Bonchev–Trinajstić information content (AvgIpc) is 3.16. The van der Waals surface area contributed by atoms with E-state index in [-0.39, 0.29) is 24.0 Å². The van der Waals surface area contributed by atoms with Gasteiger partial charge in [-0.25, -0.2) is 9.37 Å². The van der Waals surface area contributed by atoms with Crippen molar-refractivity contribution in [2.75, 3.05) is 14.2 Å². The second kappa shape index (κ2) is 7.97. The van der Waals surface area contributed by atoms with Gasteiger partial charge in [-0.1, -0.05) is 12.1 Å². The van der Waals surface area contributed by atoms with Crippen LogP contribution >= 0.6 is 11.3 Å². The van der Waals surface area contributed by atoms with Gasteiger partial charge in [0.05, 0.1) is 14.2 Å². The monoisotopic (exact) mass is 372 g/mol. The van der Waals surface area contributed by atoms with Gasteiger partial charge < -0.3 is 14.8 Å². The van der Waals surface area contributed by atoms with E-state index in [4.69, 9.17) is 9.47 Å². The van der Waals surface area contributed by atoms with Gasteiger partial charge in [0.15, 0.2) is 0 Å². The van der Waals surface area contributed by atoms with E-state index in [1.807, 2.05) is 6.07 Å². The molecule has 3 aromatic rings. The molecule has 0 fully saturated rings. The van der Waals surface area contributed by atoms with Crippen LogP contribution in [0.5, 0.6) is 11.5 Å². The van der Waals surface area contributed by atoms with Crippen LogP contribution in [0.1, 0.15) is 16.1 Å². The van der Waals surface area contributed by atoms with Crippen LogP contribution in [0.2, 0.25) is 0 Å². The molecule has 0 aliphatic heterocycles. The summed E-state index contributed by atoms with van der Waals surface area (Å²) in [5.74, 6) is 0.597. The van der Waals surface area contributed by atoms with Gasteiger partial charge in [0.2, 0.25) is 0 Å². The van der Waals surface area contributed by atoms with E-state index in [1.165, 1.54) is 17.4 Å². The summed E-state index contributed by atoms with van der Waals surface area (Å²) in [5, 5.41) is 4.88. The molecule has 26 heavy (non-hydrogen) atoms. The molecule has 0 saturated carbocycles. The molecule has 7 heteroatoms. The number of hydrogen-bond donors (Lipinski definition) is 1. The molecule has 0 aliphatic rings. The molecular formula is C19H17FN2O3S. The molecule has 0 radical (unpaired) electrons. The predicted molar refractivity (Wildman–Crippen MR) is 98.2 cm³/mol. The van der Waals surface area contributed by atoms with Crippen LogP contribution < -0.4 is 14.8 Å². The van der Waals surface area contributed by atoms with Crippen LogP contribution in [0.15, 0.2) is 47.8 Å². The lowest BCUT2D eigenvalue weighted by Crippen LogP contribution is -2.23. The Morgan fingerprint density at radius 3 is 2.73 bits per heavy atom. The van der Waals surface area contributed by atoms with Crippen molar-refractivity contribution in [3.05, 3.63) is 64.9 Å². The highest BCUT2D eigenvalue weighted by Crippen LogP contribution is 2.27. The van der Waals surface area contributed by atoms with Gasteiger partial charge in [0, 0.05) is 29.1 Å². The van der Waals surface area contributed by atoms with Gasteiger partial charge in [0.25, 0.3) is 5.91 Å². The van der Waals surface area contributed by atoms with Crippen LogP contribution in [-0.2, 0) is 6.54 Å². The number of carbonyl (C=O) groups is 1. The molecule has 0 saturated heterocycles. The summed E-state index contributed by atoms with van der Waals surface area (Å²) >= 11 is 1.23. The highest BCUT2D eigenvalue weighted by molar-refractivity contribution is 7.13. The zero-order valence-corrected chi connectivity index (χ0v) is 15.1. The molecular weight excluding hydrogens is 355 g/mol. The number of nitrogens with zero attached hydrogens (tertiary/aromatic N) is 1. The molecule has 2 aromatic carbocycles. The summed E-state index contributed by atoms with van der Waals surface area (Å²) in [4.78, 5) is 16.6. The number of hydrogen-bond acceptors (Lipinski definition) is 5. The van der Waals surface area contributed by atoms with Gasteiger partial charge in [-0.3, -0.25) is 4.79 Å². The first-order valence-corrected chi connectivity index (χ1v) is 8.70. The predicted octanol–water partition coefficient (Wildman–Crippen LogP) is 3.90. The van der Waals surface area contributed by atoms with Gasteiger partial charge in [-0.05, 0) is 24.3 Å². The Morgan fingerprint density at radius 1 is 1.19 bits per heavy atom. The van der Waals surface area contributed by atoms with Crippen LogP contribution in [0.25, 0.3) is 10.6 Å². The number of methoxy groups -OCH3 is 2. The second-order valence-corrected chi connectivity index (χ2v) is 6.24. The third kappa shape index (κ3) is 3.83. The summed E-state index contributed by atoms with van der Waals surface area (Å²) in [5.41, 5.74) is 1.44. The van der Waals surface area contributed by atoms with Crippen LogP contribution in [-0.4, -0.2) is 25.1 Å². The average molecular weight is 372 g/mol. The Bertz CT molecular complexity index is 927. The number of benzene rings is 2. The number of thiazole rings is 1. The van der Waals surface area contributed by atoms with Gasteiger partial charge in [-0.15, -0.1) is 11.3 Å². The highest BCUT2D eigenvalue weighted by Gasteiger charge is 2.14. The van der Waals surface area contributed by atoms with Crippen molar-refractivity contribution in [1.29, 1.82) is 0 Å². The maximum absolute atomic E-state index is 13.8. The minimum Gasteiger partial charge on any atom is -0.497 e. The molecule has 1 amide bonds. The number of rotatable bonds is 6. The first kappa shape index (κ1) is 17.9. The van der Waals surface area contributed by atoms with Crippen LogP contribution in [0, 0.1) is 5.82 Å². The molecule has 0 atom stereocenters. The van der Waals surface area contributed by atoms with Crippen molar-refractivity contribution in [2.24, 2.45) is 0 Å². The Hall–Kier alpha value is -2.93. The zero-order valence-electron chi connectivity index (χ0n) is 14.3. The molecule has 1 heterocycles. The second-order valence-electron chi connectivity index (χ2n) is 5.38. The van der Waals surface area contributed by atoms with Crippen LogP contribution in [0.4, 0.5) is 4.39 Å².